The van der Waals surface area contributed by atoms with Crippen molar-refractivity contribution >= 4 is 11.9 Å². The highest BCUT2D eigenvalue weighted by molar-refractivity contribution is 5.81. The molecule has 2 rings (SSSR count). The number of urea groups is 1. The van der Waals surface area contributed by atoms with Crippen LogP contribution in [-0.4, -0.2) is 35.0 Å². The van der Waals surface area contributed by atoms with Gasteiger partial charge >= 0.3 is 6.03 Å². The van der Waals surface area contributed by atoms with Crippen molar-refractivity contribution in [3.63, 3.8) is 0 Å². The van der Waals surface area contributed by atoms with E-state index in [-0.39, 0.29) is 35.8 Å². The van der Waals surface area contributed by atoms with E-state index in [0.29, 0.717) is 13.1 Å². The van der Waals surface area contributed by atoms with E-state index < -0.39 is 0 Å². The first-order valence-corrected chi connectivity index (χ1v) is 7.34. The monoisotopic (exact) mass is 307 g/mol. The van der Waals surface area contributed by atoms with E-state index in [9.17, 15) is 14.0 Å². The minimum absolute atomic E-state index is 0.0367. The van der Waals surface area contributed by atoms with E-state index in [1.54, 1.807) is 17.0 Å². The maximum atomic E-state index is 13.2. The van der Waals surface area contributed by atoms with Crippen LogP contribution in [0.25, 0.3) is 0 Å². The van der Waals surface area contributed by atoms with Crippen molar-refractivity contribution in [2.75, 3.05) is 6.54 Å². The number of likely N-dealkylation sites (tertiary alicyclic amines) is 1. The summed E-state index contributed by atoms with van der Waals surface area (Å²) in [6, 6.07) is 5.69. The molecule has 22 heavy (non-hydrogen) atoms. The molecule has 1 saturated heterocycles. The molecule has 0 bridgehead atoms. The van der Waals surface area contributed by atoms with Gasteiger partial charge in [-0.2, -0.15) is 0 Å². The predicted octanol–water partition coefficient (Wildman–Crippen LogP) is 2.02. The molecular weight excluding hydrogens is 285 g/mol. The summed E-state index contributed by atoms with van der Waals surface area (Å²) in [7, 11) is 0. The van der Waals surface area contributed by atoms with E-state index in [4.69, 9.17) is 0 Å². The van der Waals surface area contributed by atoms with Crippen molar-refractivity contribution in [3.05, 3.63) is 35.6 Å². The van der Waals surface area contributed by atoms with Crippen molar-refractivity contribution in [1.29, 1.82) is 0 Å². The number of amides is 3. The third-order valence-corrected chi connectivity index (χ3v) is 3.30. The Kier molecular flexibility index (Phi) is 4.68. The predicted molar refractivity (Wildman–Crippen MR) is 81.6 cm³/mol. The second-order valence-electron chi connectivity index (χ2n) is 6.65. The molecule has 1 aromatic carbocycles. The zero-order valence-corrected chi connectivity index (χ0v) is 13.1. The van der Waals surface area contributed by atoms with Gasteiger partial charge in [0.25, 0.3) is 0 Å². The number of rotatable bonds is 3. The molecule has 2 N–H and O–H groups in total. The first-order chi connectivity index (χ1) is 10.2. The van der Waals surface area contributed by atoms with Gasteiger partial charge in [-0.15, -0.1) is 0 Å². The van der Waals surface area contributed by atoms with Crippen LogP contribution >= 0.6 is 0 Å². The van der Waals surface area contributed by atoms with Gasteiger partial charge in [-0.1, -0.05) is 12.1 Å². The first kappa shape index (κ1) is 16.3. The maximum Gasteiger partial charge on any atom is 0.315 e. The van der Waals surface area contributed by atoms with E-state index in [1.165, 1.54) is 12.1 Å². The Balaban J connectivity index is 1.89. The first-order valence-electron chi connectivity index (χ1n) is 7.34. The molecular formula is C16H22FN3O2. The van der Waals surface area contributed by atoms with Gasteiger partial charge in [0, 0.05) is 25.0 Å². The van der Waals surface area contributed by atoms with Crippen molar-refractivity contribution in [2.45, 2.75) is 45.3 Å². The van der Waals surface area contributed by atoms with E-state index in [1.807, 2.05) is 20.8 Å². The van der Waals surface area contributed by atoms with Crippen molar-refractivity contribution in [3.8, 4) is 0 Å². The minimum Gasteiger partial charge on any atom is -0.336 e. The van der Waals surface area contributed by atoms with Crippen molar-refractivity contribution in [1.82, 2.24) is 15.5 Å². The summed E-state index contributed by atoms with van der Waals surface area (Å²) in [5.41, 5.74) is 0.418. The lowest BCUT2D eigenvalue weighted by Crippen LogP contribution is -2.50. The molecule has 0 aromatic heterocycles. The van der Waals surface area contributed by atoms with Gasteiger partial charge in [-0.25, -0.2) is 9.18 Å². The average molecular weight is 307 g/mol. The van der Waals surface area contributed by atoms with Gasteiger partial charge in [0.1, 0.15) is 5.82 Å². The van der Waals surface area contributed by atoms with Crippen LogP contribution in [0, 0.1) is 5.82 Å². The Bertz CT molecular complexity index is 569. The summed E-state index contributed by atoms with van der Waals surface area (Å²) in [6.07, 6.45) is 0.271. The quantitative estimate of drug-likeness (QED) is 0.897. The molecule has 0 aliphatic carbocycles. The number of benzene rings is 1. The van der Waals surface area contributed by atoms with Gasteiger partial charge in [0.05, 0.1) is 6.04 Å². The van der Waals surface area contributed by atoms with Gasteiger partial charge in [0.15, 0.2) is 0 Å². The highest BCUT2D eigenvalue weighted by Gasteiger charge is 2.31. The number of carbonyl (C=O) groups excluding carboxylic acids is 2. The topological polar surface area (TPSA) is 61.4 Å². The van der Waals surface area contributed by atoms with Crippen LogP contribution in [0.4, 0.5) is 9.18 Å². The lowest BCUT2D eigenvalue weighted by Gasteiger charge is -2.22. The molecule has 0 unspecified atom stereocenters. The van der Waals surface area contributed by atoms with Gasteiger partial charge in [0.2, 0.25) is 5.91 Å². The number of hydrogen-bond donors (Lipinski definition) is 2. The zero-order valence-electron chi connectivity index (χ0n) is 13.1. The van der Waals surface area contributed by atoms with E-state index in [2.05, 4.69) is 10.6 Å². The molecule has 1 fully saturated rings. The van der Waals surface area contributed by atoms with Crippen LogP contribution in [-0.2, 0) is 11.3 Å². The Morgan fingerprint density at radius 1 is 1.41 bits per heavy atom. The van der Waals surface area contributed by atoms with E-state index in [0.717, 1.165) is 5.56 Å². The average Bonchev–Trinajstić information content (AvgIpc) is 2.66. The fraction of sp³-hybridized carbons (Fsp3) is 0.500. The van der Waals surface area contributed by atoms with Crippen molar-refractivity contribution < 1.29 is 14.0 Å². The highest BCUT2D eigenvalue weighted by atomic mass is 19.1. The SMILES string of the molecule is CC(C)(C)NC(=O)N[C@@H]1CC(=O)N(Cc2cccc(F)c2)C1. The Morgan fingerprint density at radius 2 is 2.14 bits per heavy atom. The Morgan fingerprint density at radius 3 is 2.77 bits per heavy atom. The second kappa shape index (κ2) is 6.34. The molecule has 0 saturated carbocycles. The summed E-state index contributed by atoms with van der Waals surface area (Å²) in [6.45, 7) is 6.47. The summed E-state index contributed by atoms with van der Waals surface area (Å²) in [5, 5.41) is 5.61. The van der Waals surface area contributed by atoms with Crippen LogP contribution < -0.4 is 10.6 Å². The molecule has 5 nitrogen and oxygen atoms in total. The molecule has 0 radical (unpaired) electrons. The molecule has 1 atom stereocenters. The number of nitrogens with zero attached hydrogens (tertiary/aromatic N) is 1. The van der Waals surface area contributed by atoms with E-state index >= 15 is 0 Å². The van der Waals surface area contributed by atoms with Gasteiger partial charge in [-0.05, 0) is 38.5 Å². The molecule has 0 spiro atoms. The normalized spacial score (nSPS) is 18.5. The molecule has 3 amide bonds. The molecule has 1 aliphatic heterocycles. The molecule has 1 aromatic rings. The fourth-order valence-corrected chi connectivity index (χ4v) is 2.44. The lowest BCUT2D eigenvalue weighted by molar-refractivity contribution is -0.128. The number of halogens is 1. The summed E-state index contributed by atoms with van der Waals surface area (Å²) in [5.74, 6) is -0.353. The summed E-state index contributed by atoms with van der Waals surface area (Å²) in [4.78, 5) is 25.5. The molecule has 1 heterocycles. The van der Waals surface area contributed by atoms with Crippen LogP contribution in [0.2, 0.25) is 0 Å². The Hall–Kier alpha value is -2.11. The summed E-state index contributed by atoms with van der Waals surface area (Å²) < 4.78 is 13.2. The van der Waals surface area contributed by atoms with Crippen LogP contribution in [0.3, 0.4) is 0 Å². The minimum atomic E-state index is -0.325. The lowest BCUT2D eigenvalue weighted by atomic mass is 10.1. The number of carbonyl (C=O) groups is 2. The molecule has 1 aliphatic rings. The Labute approximate surface area is 129 Å². The third kappa shape index (κ3) is 4.72. The van der Waals surface area contributed by atoms with Crippen LogP contribution in [0.1, 0.15) is 32.8 Å². The van der Waals surface area contributed by atoms with Crippen molar-refractivity contribution in [2.24, 2.45) is 0 Å². The van der Waals surface area contributed by atoms with Gasteiger partial charge < -0.3 is 15.5 Å². The summed E-state index contributed by atoms with van der Waals surface area (Å²) >= 11 is 0. The number of hydrogen-bond acceptors (Lipinski definition) is 2. The number of nitrogens with one attached hydrogen (secondary N) is 2. The maximum absolute atomic E-state index is 13.2. The van der Waals surface area contributed by atoms with Crippen LogP contribution in [0.5, 0.6) is 0 Å². The molecule has 120 valence electrons. The standard InChI is InChI=1S/C16H22FN3O2/c1-16(2,3)19-15(22)18-13-8-14(21)20(10-13)9-11-5-4-6-12(17)7-11/h4-7,13H,8-10H2,1-3H3,(H2,18,19,22)/t13-/m1/s1. The largest absolute Gasteiger partial charge is 0.336 e. The van der Waals surface area contributed by atoms with Crippen LogP contribution in [0.15, 0.2) is 24.3 Å². The molecule has 6 heteroatoms. The zero-order chi connectivity index (χ0) is 16.3. The van der Waals surface area contributed by atoms with Gasteiger partial charge in [-0.3, -0.25) is 4.79 Å². The fourth-order valence-electron chi connectivity index (χ4n) is 2.44. The third-order valence-electron chi connectivity index (χ3n) is 3.30. The smallest absolute Gasteiger partial charge is 0.315 e. The highest BCUT2D eigenvalue weighted by Crippen LogP contribution is 2.16. The second-order valence-corrected chi connectivity index (χ2v) is 6.65.